The summed E-state index contributed by atoms with van der Waals surface area (Å²) in [6.45, 7) is 3.86. The van der Waals surface area contributed by atoms with Crippen molar-refractivity contribution in [3.05, 3.63) is 58.6 Å². The van der Waals surface area contributed by atoms with Crippen LogP contribution in [0.25, 0.3) is 0 Å². The van der Waals surface area contributed by atoms with E-state index in [1.807, 2.05) is 13.8 Å². The topological polar surface area (TPSA) is 76.7 Å². The van der Waals surface area contributed by atoms with Crippen LogP contribution in [0.2, 0.25) is 5.02 Å². The first-order valence-corrected chi connectivity index (χ1v) is 8.09. The first kappa shape index (κ1) is 18.6. The fourth-order valence-electron chi connectivity index (χ4n) is 2.02. The third kappa shape index (κ3) is 5.39. The highest BCUT2D eigenvalue weighted by Crippen LogP contribution is 2.21. The van der Waals surface area contributed by atoms with Crippen LogP contribution in [0.15, 0.2) is 42.5 Å². The molecule has 0 radical (unpaired) electrons. The van der Waals surface area contributed by atoms with Gasteiger partial charge in [-0.2, -0.15) is 0 Å². The molecule has 6 nitrogen and oxygen atoms in total. The van der Waals surface area contributed by atoms with Gasteiger partial charge in [-0.1, -0.05) is 23.7 Å². The minimum absolute atomic E-state index is 0.242. The minimum Gasteiger partial charge on any atom is -0.493 e. The van der Waals surface area contributed by atoms with Gasteiger partial charge in [-0.05, 0) is 49.7 Å². The van der Waals surface area contributed by atoms with Crippen LogP contribution >= 0.6 is 11.6 Å². The summed E-state index contributed by atoms with van der Waals surface area (Å²) in [4.78, 5) is 23.9. The van der Waals surface area contributed by atoms with Crippen LogP contribution in [0.4, 0.5) is 0 Å². The molecule has 0 spiro atoms. The maximum atomic E-state index is 12.1. The maximum Gasteiger partial charge on any atom is 0.276 e. The lowest BCUT2D eigenvalue weighted by Crippen LogP contribution is -2.43. The lowest BCUT2D eigenvalue weighted by atomic mass is 10.2. The lowest BCUT2D eigenvalue weighted by Gasteiger charge is -2.12. The highest BCUT2D eigenvalue weighted by Gasteiger charge is 2.13. The maximum absolute atomic E-state index is 12.1. The highest BCUT2D eigenvalue weighted by atomic mass is 35.5. The number of rotatable bonds is 6. The standard InChI is InChI=1S/C18H19ClN2O4/c1-3-24-16-7-5-4-6-14(16)18(23)21-20-17(22)11-25-13-8-9-15(19)12(2)10-13/h4-10H,3,11H2,1-2H3,(H,20,22)(H,21,23). The van der Waals surface area contributed by atoms with Gasteiger partial charge in [0.1, 0.15) is 11.5 Å². The number of hydrogen-bond acceptors (Lipinski definition) is 4. The number of amides is 2. The number of benzene rings is 2. The fourth-order valence-corrected chi connectivity index (χ4v) is 2.14. The Morgan fingerprint density at radius 3 is 2.56 bits per heavy atom. The number of aryl methyl sites for hydroxylation is 1. The van der Waals surface area contributed by atoms with E-state index in [0.29, 0.717) is 28.7 Å². The molecule has 0 bridgehead atoms. The Hall–Kier alpha value is -2.73. The molecule has 0 fully saturated rings. The van der Waals surface area contributed by atoms with E-state index >= 15 is 0 Å². The summed E-state index contributed by atoms with van der Waals surface area (Å²) in [5.74, 6) is 0.00397. The number of carbonyl (C=O) groups excluding carboxylic acids is 2. The van der Waals surface area contributed by atoms with Crippen LogP contribution in [0.5, 0.6) is 11.5 Å². The van der Waals surface area contributed by atoms with Crippen molar-refractivity contribution < 1.29 is 19.1 Å². The Bertz CT molecular complexity index is 764. The molecule has 2 rings (SSSR count). The number of para-hydroxylation sites is 1. The van der Waals surface area contributed by atoms with Crippen LogP contribution in [0, 0.1) is 6.92 Å². The molecule has 0 aliphatic heterocycles. The molecule has 0 saturated carbocycles. The summed E-state index contributed by atoms with van der Waals surface area (Å²) in [6.07, 6.45) is 0. The van der Waals surface area contributed by atoms with E-state index in [-0.39, 0.29) is 6.61 Å². The Labute approximate surface area is 151 Å². The highest BCUT2D eigenvalue weighted by molar-refractivity contribution is 6.31. The van der Waals surface area contributed by atoms with Gasteiger partial charge < -0.3 is 9.47 Å². The van der Waals surface area contributed by atoms with Crippen molar-refractivity contribution in [2.75, 3.05) is 13.2 Å². The molecule has 7 heteroatoms. The molecule has 0 atom stereocenters. The monoisotopic (exact) mass is 362 g/mol. The summed E-state index contributed by atoms with van der Waals surface area (Å²) in [7, 11) is 0. The van der Waals surface area contributed by atoms with Gasteiger partial charge >= 0.3 is 0 Å². The molecular weight excluding hydrogens is 344 g/mol. The minimum atomic E-state index is -0.491. The van der Waals surface area contributed by atoms with E-state index in [1.54, 1.807) is 42.5 Å². The normalized spacial score (nSPS) is 10.0. The van der Waals surface area contributed by atoms with Crippen molar-refractivity contribution in [2.45, 2.75) is 13.8 Å². The zero-order valence-electron chi connectivity index (χ0n) is 14.0. The average molecular weight is 363 g/mol. The SMILES string of the molecule is CCOc1ccccc1C(=O)NNC(=O)COc1ccc(Cl)c(C)c1. The largest absolute Gasteiger partial charge is 0.493 e. The number of hydrazine groups is 1. The van der Waals surface area contributed by atoms with Crippen molar-refractivity contribution in [2.24, 2.45) is 0 Å². The predicted octanol–water partition coefficient (Wildman–Crippen LogP) is 2.89. The molecule has 2 aromatic carbocycles. The van der Waals surface area contributed by atoms with Crippen molar-refractivity contribution in [1.82, 2.24) is 10.9 Å². The fraction of sp³-hybridized carbons (Fsp3) is 0.222. The van der Waals surface area contributed by atoms with E-state index in [2.05, 4.69) is 10.9 Å². The van der Waals surface area contributed by atoms with Crippen LogP contribution < -0.4 is 20.3 Å². The van der Waals surface area contributed by atoms with Gasteiger partial charge in [-0.3, -0.25) is 20.4 Å². The Morgan fingerprint density at radius 2 is 1.84 bits per heavy atom. The molecule has 0 aromatic heterocycles. The number of ether oxygens (including phenoxy) is 2. The van der Waals surface area contributed by atoms with Gasteiger partial charge in [0.2, 0.25) is 0 Å². The van der Waals surface area contributed by atoms with Crippen LogP contribution in [0.3, 0.4) is 0 Å². The molecule has 2 aromatic rings. The third-order valence-electron chi connectivity index (χ3n) is 3.25. The molecule has 25 heavy (non-hydrogen) atoms. The molecule has 2 amide bonds. The summed E-state index contributed by atoms with van der Waals surface area (Å²) in [6, 6.07) is 11.9. The molecule has 132 valence electrons. The molecule has 2 N–H and O–H groups in total. The van der Waals surface area contributed by atoms with Gasteiger partial charge in [-0.15, -0.1) is 0 Å². The molecule has 0 heterocycles. The number of halogens is 1. The van der Waals surface area contributed by atoms with Gasteiger partial charge in [0.15, 0.2) is 6.61 Å². The Morgan fingerprint density at radius 1 is 1.08 bits per heavy atom. The van der Waals surface area contributed by atoms with Crippen molar-refractivity contribution in [1.29, 1.82) is 0 Å². The first-order chi connectivity index (χ1) is 12.0. The van der Waals surface area contributed by atoms with Gasteiger partial charge in [-0.25, -0.2) is 0 Å². The number of nitrogens with one attached hydrogen (secondary N) is 2. The van der Waals surface area contributed by atoms with E-state index in [1.165, 1.54) is 0 Å². The first-order valence-electron chi connectivity index (χ1n) is 7.71. The summed E-state index contributed by atoms with van der Waals surface area (Å²) < 4.78 is 10.7. The van der Waals surface area contributed by atoms with Crippen LogP contribution in [0.1, 0.15) is 22.8 Å². The summed E-state index contributed by atoms with van der Waals surface area (Å²) in [5, 5.41) is 0.622. The van der Waals surface area contributed by atoms with Crippen LogP contribution in [-0.4, -0.2) is 25.0 Å². The van der Waals surface area contributed by atoms with Crippen LogP contribution in [-0.2, 0) is 4.79 Å². The van der Waals surface area contributed by atoms with E-state index < -0.39 is 11.8 Å². The second-order valence-corrected chi connectivity index (χ2v) is 5.54. The van der Waals surface area contributed by atoms with Gasteiger partial charge in [0.05, 0.1) is 12.2 Å². The van der Waals surface area contributed by atoms with Crippen molar-refractivity contribution >= 4 is 23.4 Å². The van der Waals surface area contributed by atoms with Crippen molar-refractivity contribution in [3.63, 3.8) is 0 Å². The lowest BCUT2D eigenvalue weighted by molar-refractivity contribution is -0.123. The summed E-state index contributed by atoms with van der Waals surface area (Å²) >= 11 is 5.93. The van der Waals surface area contributed by atoms with E-state index in [4.69, 9.17) is 21.1 Å². The van der Waals surface area contributed by atoms with Gasteiger partial charge in [0.25, 0.3) is 11.8 Å². The molecule has 0 aliphatic rings. The molecule has 0 saturated heterocycles. The quantitative estimate of drug-likeness (QED) is 0.775. The average Bonchev–Trinajstić information content (AvgIpc) is 2.61. The van der Waals surface area contributed by atoms with E-state index in [9.17, 15) is 9.59 Å². The number of hydrogen-bond donors (Lipinski definition) is 2. The molecule has 0 aliphatic carbocycles. The number of carbonyl (C=O) groups is 2. The molecular formula is C18H19ClN2O4. The molecule has 0 unspecified atom stereocenters. The smallest absolute Gasteiger partial charge is 0.276 e. The van der Waals surface area contributed by atoms with Gasteiger partial charge in [0, 0.05) is 5.02 Å². The Balaban J connectivity index is 1.85. The Kier molecular flexibility index (Phi) is 6.65. The zero-order chi connectivity index (χ0) is 18.2. The van der Waals surface area contributed by atoms with Crippen molar-refractivity contribution in [3.8, 4) is 11.5 Å². The summed E-state index contributed by atoms with van der Waals surface area (Å²) in [5.41, 5.74) is 5.82. The third-order valence-corrected chi connectivity index (χ3v) is 3.67. The zero-order valence-corrected chi connectivity index (χ0v) is 14.7. The second-order valence-electron chi connectivity index (χ2n) is 5.13. The second kappa shape index (κ2) is 8.94. The van der Waals surface area contributed by atoms with E-state index in [0.717, 1.165) is 5.56 Å². The predicted molar refractivity (Wildman–Crippen MR) is 94.9 cm³/mol.